The Morgan fingerprint density at radius 3 is 2.65 bits per heavy atom. The molecule has 0 spiro atoms. The van der Waals surface area contributed by atoms with Crippen LogP contribution < -0.4 is 10.1 Å². The van der Waals surface area contributed by atoms with Crippen LogP contribution in [0.4, 0.5) is 10.1 Å². The van der Waals surface area contributed by atoms with Gasteiger partial charge in [0.05, 0.1) is 18.4 Å². The Morgan fingerprint density at radius 2 is 1.92 bits per heavy atom. The molecule has 3 heterocycles. The molecule has 37 heavy (non-hydrogen) atoms. The summed E-state index contributed by atoms with van der Waals surface area (Å²) in [6.07, 6.45) is 3.44. The molecule has 0 radical (unpaired) electrons. The third-order valence-corrected chi connectivity index (χ3v) is 6.91. The fourth-order valence-electron chi connectivity index (χ4n) is 4.79. The summed E-state index contributed by atoms with van der Waals surface area (Å²) >= 11 is 0. The minimum atomic E-state index is -0.459. The van der Waals surface area contributed by atoms with Gasteiger partial charge in [0.25, 0.3) is 5.91 Å². The molecule has 0 aliphatic carbocycles. The summed E-state index contributed by atoms with van der Waals surface area (Å²) in [6, 6.07) is 12.8. The van der Waals surface area contributed by atoms with Crippen LogP contribution in [0.3, 0.4) is 0 Å². The summed E-state index contributed by atoms with van der Waals surface area (Å²) < 4.78 is 21.2. The number of nitrogens with zero attached hydrogens (tertiary/aromatic N) is 4. The van der Waals surface area contributed by atoms with Crippen molar-refractivity contribution in [3.63, 3.8) is 0 Å². The van der Waals surface area contributed by atoms with Gasteiger partial charge in [0.15, 0.2) is 5.65 Å². The molecular weight excluding hydrogens is 471 g/mol. The number of amides is 1. The van der Waals surface area contributed by atoms with Crippen molar-refractivity contribution in [2.24, 2.45) is 0 Å². The Balaban J connectivity index is 1.58. The normalized spacial score (nSPS) is 14.6. The molecule has 2 aromatic heterocycles. The fraction of sp³-hybridized carbons (Fsp3) is 0.321. The highest BCUT2D eigenvalue weighted by atomic mass is 19.1. The zero-order valence-electron chi connectivity index (χ0n) is 21.5. The van der Waals surface area contributed by atoms with Crippen molar-refractivity contribution in [2.75, 3.05) is 46.7 Å². The first-order valence-corrected chi connectivity index (χ1v) is 12.3. The summed E-state index contributed by atoms with van der Waals surface area (Å²) in [5, 5.41) is 11.5. The number of fused-ring (bicyclic) bond motifs is 1. The molecule has 0 saturated carbocycles. The Morgan fingerprint density at radius 1 is 1.16 bits per heavy atom. The molecule has 1 aliphatic rings. The zero-order valence-corrected chi connectivity index (χ0v) is 21.5. The zero-order chi connectivity index (χ0) is 26.1. The number of carbonyl (C=O) groups excluding carboxylic acids is 1. The number of carbonyl (C=O) groups is 1. The smallest absolute Gasteiger partial charge is 0.255 e. The summed E-state index contributed by atoms with van der Waals surface area (Å²) in [7, 11) is 7.04. The molecule has 5 rings (SSSR count). The first-order valence-electron chi connectivity index (χ1n) is 12.3. The number of pyridine rings is 1. The summed E-state index contributed by atoms with van der Waals surface area (Å²) in [5.74, 6) is -0.0299. The average Bonchev–Trinajstić information content (AvgIpc) is 3.33. The lowest BCUT2D eigenvalue weighted by molar-refractivity contribution is 0.0828. The number of halogens is 1. The van der Waals surface area contributed by atoms with Crippen LogP contribution in [0.15, 0.2) is 48.7 Å². The van der Waals surface area contributed by atoms with Crippen molar-refractivity contribution in [2.45, 2.75) is 18.9 Å². The number of rotatable bonds is 6. The van der Waals surface area contributed by atoms with Crippen molar-refractivity contribution in [3.8, 4) is 28.1 Å². The van der Waals surface area contributed by atoms with E-state index in [2.05, 4.69) is 32.4 Å². The number of para-hydroxylation sites is 1. The molecule has 1 amide bonds. The fourth-order valence-corrected chi connectivity index (χ4v) is 4.79. The quantitative estimate of drug-likeness (QED) is 0.399. The van der Waals surface area contributed by atoms with E-state index in [1.165, 1.54) is 11.0 Å². The lowest BCUT2D eigenvalue weighted by atomic mass is 9.98. The number of H-pyrrole nitrogens is 1. The topological polar surface area (TPSA) is 86.4 Å². The molecule has 0 atom stereocenters. The molecule has 1 saturated heterocycles. The standard InChI is InChI=1S/C28H31FN6O2/c1-34(2)28(36)22-13-17(15-23(29)26(22)31-19-9-11-35(3)12-10-19)18-14-21-25(32-33-27(21)30-16-18)20-7-5-6-8-24(20)37-4/h5-8,13-16,19,31H,9-12H2,1-4H3,(H,30,32,33). The van der Waals surface area contributed by atoms with Crippen LogP contribution in [0, 0.1) is 5.82 Å². The molecule has 1 fully saturated rings. The van der Waals surface area contributed by atoms with E-state index in [9.17, 15) is 4.79 Å². The highest BCUT2D eigenvalue weighted by molar-refractivity contribution is 6.01. The van der Waals surface area contributed by atoms with Gasteiger partial charge in [-0.25, -0.2) is 9.37 Å². The van der Waals surface area contributed by atoms with Gasteiger partial charge in [-0.05, 0) is 68.9 Å². The second kappa shape index (κ2) is 10.2. The minimum Gasteiger partial charge on any atom is -0.496 e. The maximum atomic E-state index is 15.6. The van der Waals surface area contributed by atoms with Crippen LogP contribution in [-0.4, -0.2) is 78.3 Å². The third-order valence-electron chi connectivity index (χ3n) is 6.91. The van der Waals surface area contributed by atoms with Gasteiger partial charge in [-0.1, -0.05) is 12.1 Å². The number of benzene rings is 2. The van der Waals surface area contributed by atoms with E-state index in [1.54, 1.807) is 33.5 Å². The van der Waals surface area contributed by atoms with Crippen molar-refractivity contribution >= 4 is 22.6 Å². The molecule has 0 bridgehead atoms. The van der Waals surface area contributed by atoms with Crippen LogP contribution in [0.2, 0.25) is 0 Å². The van der Waals surface area contributed by atoms with Gasteiger partial charge < -0.3 is 19.9 Å². The van der Waals surface area contributed by atoms with Crippen molar-refractivity contribution in [3.05, 3.63) is 60.0 Å². The lowest BCUT2D eigenvalue weighted by Crippen LogP contribution is -2.37. The summed E-state index contributed by atoms with van der Waals surface area (Å²) in [6.45, 7) is 1.86. The van der Waals surface area contributed by atoms with E-state index in [0.717, 1.165) is 36.9 Å². The maximum absolute atomic E-state index is 15.6. The number of aromatic nitrogens is 3. The Hall–Kier alpha value is -3.98. The van der Waals surface area contributed by atoms with E-state index in [-0.39, 0.29) is 17.6 Å². The number of ether oxygens (including phenoxy) is 1. The van der Waals surface area contributed by atoms with Crippen molar-refractivity contribution in [1.82, 2.24) is 25.0 Å². The van der Waals surface area contributed by atoms with Crippen molar-refractivity contribution < 1.29 is 13.9 Å². The SMILES string of the molecule is COc1ccccc1-c1n[nH]c2ncc(-c3cc(F)c(NC4CCN(C)CC4)c(C(=O)N(C)C)c3)cc12. The summed E-state index contributed by atoms with van der Waals surface area (Å²) in [4.78, 5) is 21.4. The van der Waals surface area contributed by atoms with Gasteiger partial charge >= 0.3 is 0 Å². The number of piperidine rings is 1. The van der Waals surface area contributed by atoms with Crippen molar-refractivity contribution in [1.29, 1.82) is 0 Å². The molecular formula is C28H31FN6O2. The first-order chi connectivity index (χ1) is 17.9. The number of methoxy groups -OCH3 is 1. The van der Waals surface area contributed by atoms with Gasteiger partial charge in [-0.2, -0.15) is 5.10 Å². The predicted molar refractivity (Wildman–Crippen MR) is 143 cm³/mol. The Kier molecular flexibility index (Phi) is 6.80. The Labute approximate surface area is 215 Å². The van der Waals surface area contributed by atoms with E-state index in [0.29, 0.717) is 33.8 Å². The number of likely N-dealkylation sites (tertiary alicyclic amines) is 1. The molecule has 9 heteroatoms. The van der Waals surface area contributed by atoms with Crippen LogP contribution in [0.25, 0.3) is 33.4 Å². The number of hydrogen-bond acceptors (Lipinski definition) is 6. The van der Waals surface area contributed by atoms with Crippen LogP contribution in [0.1, 0.15) is 23.2 Å². The number of nitrogens with one attached hydrogen (secondary N) is 2. The number of hydrogen-bond donors (Lipinski definition) is 2. The van der Waals surface area contributed by atoms with Crippen LogP contribution in [0.5, 0.6) is 5.75 Å². The average molecular weight is 503 g/mol. The molecule has 192 valence electrons. The van der Waals surface area contributed by atoms with Gasteiger partial charge in [0.1, 0.15) is 17.3 Å². The van der Waals surface area contributed by atoms with E-state index in [4.69, 9.17) is 4.74 Å². The van der Waals surface area contributed by atoms with Gasteiger partial charge in [0, 0.05) is 42.8 Å². The highest BCUT2D eigenvalue weighted by Gasteiger charge is 2.24. The molecule has 2 aromatic carbocycles. The highest BCUT2D eigenvalue weighted by Crippen LogP contribution is 2.36. The summed E-state index contributed by atoms with van der Waals surface area (Å²) in [5.41, 5.74) is 3.92. The second-order valence-electron chi connectivity index (χ2n) is 9.69. The van der Waals surface area contributed by atoms with Crippen LogP contribution in [-0.2, 0) is 0 Å². The largest absolute Gasteiger partial charge is 0.496 e. The van der Waals surface area contributed by atoms with E-state index >= 15 is 4.39 Å². The van der Waals surface area contributed by atoms with E-state index in [1.807, 2.05) is 30.3 Å². The predicted octanol–water partition coefficient (Wildman–Crippen LogP) is 4.65. The minimum absolute atomic E-state index is 0.109. The number of aromatic amines is 1. The van der Waals surface area contributed by atoms with Crippen LogP contribution >= 0.6 is 0 Å². The first kappa shape index (κ1) is 24.7. The van der Waals surface area contributed by atoms with Gasteiger partial charge in [0.2, 0.25) is 0 Å². The molecule has 4 aromatic rings. The molecule has 8 nitrogen and oxygen atoms in total. The lowest BCUT2D eigenvalue weighted by Gasteiger charge is -2.31. The molecule has 1 aliphatic heterocycles. The molecule has 0 unspecified atom stereocenters. The van der Waals surface area contributed by atoms with Gasteiger partial charge in [-0.15, -0.1) is 0 Å². The third kappa shape index (κ3) is 4.86. The Bertz CT molecular complexity index is 1440. The van der Waals surface area contributed by atoms with E-state index < -0.39 is 5.82 Å². The number of anilines is 1. The van der Waals surface area contributed by atoms with Gasteiger partial charge in [-0.3, -0.25) is 9.89 Å². The second-order valence-corrected chi connectivity index (χ2v) is 9.69. The monoisotopic (exact) mass is 502 g/mol. The molecule has 2 N–H and O–H groups in total. The maximum Gasteiger partial charge on any atom is 0.255 e.